The van der Waals surface area contributed by atoms with Crippen LogP contribution in [0.2, 0.25) is 0 Å². The third-order valence-electron chi connectivity index (χ3n) is 4.74. The molecule has 3 rings (SSSR count). The molecule has 0 bridgehead atoms. The number of hydrogen-bond donors (Lipinski definition) is 1. The predicted octanol–water partition coefficient (Wildman–Crippen LogP) is 2.39. The van der Waals surface area contributed by atoms with Gasteiger partial charge in [-0.3, -0.25) is 0 Å². The average Bonchev–Trinajstić information content (AvgIpc) is 3.00. The summed E-state index contributed by atoms with van der Waals surface area (Å²) in [5, 5.41) is 3.63. The van der Waals surface area contributed by atoms with E-state index in [1.165, 1.54) is 71.0 Å². The van der Waals surface area contributed by atoms with Gasteiger partial charge in [0.15, 0.2) is 0 Å². The summed E-state index contributed by atoms with van der Waals surface area (Å²) < 4.78 is 0. The minimum atomic E-state index is 0.889. The molecule has 0 aromatic rings. The van der Waals surface area contributed by atoms with Crippen molar-refractivity contribution in [3.05, 3.63) is 0 Å². The van der Waals surface area contributed by atoms with Crippen molar-refractivity contribution in [2.24, 2.45) is 5.92 Å². The molecule has 92 valence electrons. The Balaban J connectivity index is 1.38. The molecule has 2 atom stereocenters. The normalized spacial score (nSPS) is 35.2. The molecule has 0 spiro atoms. The van der Waals surface area contributed by atoms with Gasteiger partial charge < -0.3 is 10.2 Å². The molecule has 0 radical (unpaired) electrons. The summed E-state index contributed by atoms with van der Waals surface area (Å²) >= 11 is 0. The SMILES string of the molecule is C1CC2CCCN(CCCNC3CC3)C2C1. The zero-order chi connectivity index (χ0) is 10.8. The third-order valence-corrected chi connectivity index (χ3v) is 4.74. The van der Waals surface area contributed by atoms with Crippen LogP contribution in [0.3, 0.4) is 0 Å². The average molecular weight is 222 g/mol. The molecule has 0 amide bonds. The Kier molecular flexibility index (Phi) is 3.49. The van der Waals surface area contributed by atoms with E-state index in [1.807, 2.05) is 0 Å². The summed E-state index contributed by atoms with van der Waals surface area (Å²) in [5.41, 5.74) is 0. The highest BCUT2D eigenvalue weighted by molar-refractivity contribution is 4.89. The molecule has 2 nitrogen and oxygen atoms in total. The number of likely N-dealkylation sites (tertiary alicyclic amines) is 1. The highest BCUT2D eigenvalue weighted by Crippen LogP contribution is 2.36. The Labute approximate surface area is 99.8 Å². The van der Waals surface area contributed by atoms with E-state index in [9.17, 15) is 0 Å². The van der Waals surface area contributed by atoms with Gasteiger partial charge in [0.1, 0.15) is 0 Å². The van der Waals surface area contributed by atoms with Crippen LogP contribution in [-0.2, 0) is 0 Å². The van der Waals surface area contributed by atoms with E-state index in [-0.39, 0.29) is 0 Å². The fraction of sp³-hybridized carbons (Fsp3) is 1.00. The van der Waals surface area contributed by atoms with Gasteiger partial charge in [0.05, 0.1) is 0 Å². The second-order valence-corrected chi connectivity index (χ2v) is 6.02. The lowest BCUT2D eigenvalue weighted by molar-refractivity contribution is 0.112. The van der Waals surface area contributed by atoms with Gasteiger partial charge in [-0.15, -0.1) is 0 Å². The fourth-order valence-electron chi connectivity index (χ4n) is 3.71. The number of nitrogens with zero attached hydrogens (tertiary/aromatic N) is 1. The van der Waals surface area contributed by atoms with Gasteiger partial charge in [-0.05, 0) is 70.5 Å². The molecule has 16 heavy (non-hydrogen) atoms. The molecule has 1 heterocycles. The van der Waals surface area contributed by atoms with Crippen molar-refractivity contribution in [1.82, 2.24) is 10.2 Å². The summed E-state index contributed by atoms with van der Waals surface area (Å²) in [5.74, 6) is 1.06. The van der Waals surface area contributed by atoms with Crippen molar-refractivity contribution < 1.29 is 0 Å². The maximum Gasteiger partial charge on any atom is 0.0123 e. The number of hydrogen-bond acceptors (Lipinski definition) is 2. The molecule has 3 aliphatic rings. The molecule has 2 saturated carbocycles. The van der Waals surface area contributed by atoms with Gasteiger partial charge in [0.2, 0.25) is 0 Å². The van der Waals surface area contributed by atoms with Crippen LogP contribution in [0.5, 0.6) is 0 Å². The van der Waals surface area contributed by atoms with Crippen LogP contribution in [0.15, 0.2) is 0 Å². The Morgan fingerprint density at radius 2 is 1.88 bits per heavy atom. The largest absolute Gasteiger partial charge is 0.314 e. The van der Waals surface area contributed by atoms with E-state index in [2.05, 4.69) is 10.2 Å². The summed E-state index contributed by atoms with van der Waals surface area (Å²) in [6.07, 6.45) is 11.7. The Morgan fingerprint density at radius 3 is 2.75 bits per heavy atom. The van der Waals surface area contributed by atoms with Crippen molar-refractivity contribution >= 4 is 0 Å². The van der Waals surface area contributed by atoms with E-state index in [4.69, 9.17) is 0 Å². The van der Waals surface area contributed by atoms with Gasteiger partial charge in [-0.1, -0.05) is 6.42 Å². The first-order chi connectivity index (χ1) is 7.93. The second-order valence-electron chi connectivity index (χ2n) is 6.02. The summed E-state index contributed by atoms with van der Waals surface area (Å²) in [4.78, 5) is 2.80. The molecular weight excluding hydrogens is 196 g/mol. The van der Waals surface area contributed by atoms with Crippen LogP contribution in [0.25, 0.3) is 0 Å². The summed E-state index contributed by atoms with van der Waals surface area (Å²) in [6.45, 7) is 3.98. The first-order valence-corrected chi connectivity index (χ1v) is 7.41. The molecule has 0 aromatic heterocycles. The lowest BCUT2D eigenvalue weighted by atomic mass is 9.92. The first-order valence-electron chi connectivity index (χ1n) is 7.41. The van der Waals surface area contributed by atoms with Crippen molar-refractivity contribution in [2.45, 2.75) is 63.5 Å². The highest BCUT2D eigenvalue weighted by Gasteiger charge is 2.34. The lowest BCUT2D eigenvalue weighted by Gasteiger charge is -2.37. The van der Waals surface area contributed by atoms with E-state index in [0.717, 1.165) is 18.0 Å². The number of fused-ring (bicyclic) bond motifs is 1. The first kappa shape index (κ1) is 11.0. The number of rotatable bonds is 5. The molecule has 1 aliphatic heterocycles. The van der Waals surface area contributed by atoms with Crippen molar-refractivity contribution in [2.75, 3.05) is 19.6 Å². The molecule has 1 saturated heterocycles. The van der Waals surface area contributed by atoms with E-state index in [1.54, 1.807) is 0 Å². The van der Waals surface area contributed by atoms with Gasteiger partial charge in [0, 0.05) is 12.1 Å². The number of piperidine rings is 1. The summed E-state index contributed by atoms with van der Waals surface area (Å²) in [6, 6.07) is 1.86. The molecular formula is C14H26N2. The fourth-order valence-corrected chi connectivity index (χ4v) is 3.71. The van der Waals surface area contributed by atoms with E-state index in [0.29, 0.717) is 0 Å². The minimum absolute atomic E-state index is 0.889. The van der Waals surface area contributed by atoms with Crippen LogP contribution >= 0.6 is 0 Å². The highest BCUT2D eigenvalue weighted by atomic mass is 15.2. The lowest BCUT2D eigenvalue weighted by Crippen LogP contribution is -2.43. The van der Waals surface area contributed by atoms with Gasteiger partial charge in [0.25, 0.3) is 0 Å². The van der Waals surface area contributed by atoms with Gasteiger partial charge in [-0.2, -0.15) is 0 Å². The second kappa shape index (κ2) is 5.05. The van der Waals surface area contributed by atoms with Crippen LogP contribution in [-0.4, -0.2) is 36.6 Å². The molecule has 0 aromatic carbocycles. The Bertz CT molecular complexity index is 225. The van der Waals surface area contributed by atoms with Crippen molar-refractivity contribution in [3.8, 4) is 0 Å². The standard InChI is InChI=1S/C14H26N2/c1-4-12-5-2-10-16(14(12)6-1)11-3-9-15-13-7-8-13/h12-15H,1-11H2. The molecule has 2 unspecified atom stereocenters. The van der Waals surface area contributed by atoms with Crippen molar-refractivity contribution in [3.63, 3.8) is 0 Å². The van der Waals surface area contributed by atoms with E-state index < -0.39 is 0 Å². The quantitative estimate of drug-likeness (QED) is 0.719. The zero-order valence-corrected chi connectivity index (χ0v) is 10.5. The Hall–Kier alpha value is -0.0800. The predicted molar refractivity (Wildman–Crippen MR) is 67.6 cm³/mol. The molecule has 2 aliphatic carbocycles. The molecule has 3 fully saturated rings. The van der Waals surface area contributed by atoms with Gasteiger partial charge >= 0.3 is 0 Å². The van der Waals surface area contributed by atoms with Crippen LogP contribution in [0.1, 0.15) is 51.4 Å². The van der Waals surface area contributed by atoms with Crippen LogP contribution < -0.4 is 5.32 Å². The molecule has 2 heteroatoms. The van der Waals surface area contributed by atoms with Gasteiger partial charge in [-0.25, -0.2) is 0 Å². The number of nitrogens with one attached hydrogen (secondary N) is 1. The smallest absolute Gasteiger partial charge is 0.0123 e. The summed E-state index contributed by atoms with van der Waals surface area (Å²) in [7, 11) is 0. The topological polar surface area (TPSA) is 15.3 Å². The molecule has 1 N–H and O–H groups in total. The Morgan fingerprint density at radius 1 is 1.00 bits per heavy atom. The van der Waals surface area contributed by atoms with Crippen molar-refractivity contribution in [1.29, 1.82) is 0 Å². The zero-order valence-electron chi connectivity index (χ0n) is 10.5. The monoisotopic (exact) mass is 222 g/mol. The maximum absolute atomic E-state index is 3.63. The van der Waals surface area contributed by atoms with Crippen LogP contribution in [0.4, 0.5) is 0 Å². The third kappa shape index (κ3) is 2.60. The van der Waals surface area contributed by atoms with Crippen LogP contribution in [0, 0.1) is 5.92 Å². The maximum atomic E-state index is 3.63. The minimum Gasteiger partial charge on any atom is -0.314 e. The van der Waals surface area contributed by atoms with E-state index >= 15 is 0 Å².